The highest BCUT2D eigenvalue weighted by molar-refractivity contribution is 7.89. The number of amides is 1. The third-order valence-electron chi connectivity index (χ3n) is 5.69. The highest BCUT2D eigenvalue weighted by Crippen LogP contribution is 2.39. The summed E-state index contributed by atoms with van der Waals surface area (Å²) in [6, 6.07) is 8.05. The van der Waals surface area contributed by atoms with Crippen LogP contribution in [0.4, 0.5) is 5.00 Å². The van der Waals surface area contributed by atoms with Gasteiger partial charge in [0.15, 0.2) is 0 Å². The third-order valence-corrected chi connectivity index (χ3v) is 8.81. The van der Waals surface area contributed by atoms with Crippen molar-refractivity contribution in [3.05, 3.63) is 45.8 Å². The first kappa shape index (κ1) is 25.3. The molecule has 1 amide bonds. The van der Waals surface area contributed by atoms with Gasteiger partial charge in [0.05, 0.1) is 23.7 Å². The number of sulfonamides is 1. The number of anilines is 1. The monoisotopic (exact) mass is 491 g/mol. The summed E-state index contributed by atoms with van der Waals surface area (Å²) in [5.41, 5.74) is 1.91. The van der Waals surface area contributed by atoms with Gasteiger partial charge in [-0.2, -0.15) is 9.57 Å². The molecule has 33 heavy (non-hydrogen) atoms. The van der Waals surface area contributed by atoms with Crippen LogP contribution in [0.3, 0.4) is 0 Å². The molecule has 0 aliphatic heterocycles. The standard InChI is InChI=1S/C23H29N3O5S2/c1-16-4-9-21-19(14-16)20(15-24)23(32-21)25-22(27)17-5-7-18(8-6-17)33(28,29)26(10-12-30-2)11-13-31-3/h5-8,16H,4,9-14H2,1-3H3,(H,25,27)/t16-/m0/s1. The summed E-state index contributed by atoms with van der Waals surface area (Å²) in [5, 5.41) is 13.1. The van der Waals surface area contributed by atoms with E-state index in [0.717, 1.165) is 29.7 Å². The zero-order valence-corrected chi connectivity index (χ0v) is 20.7. The van der Waals surface area contributed by atoms with Crippen LogP contribution in [0.1, 0.15) is 39.7 Å². The lowest BCUT2D eigenvalue weighted by Gasteiger charge is -2.21. The zero-order chi connectivity index (χ0) is 24.0. The van der Waals surface area contributed by atoms with Crippen LogP contribution in [0.2, 0.25) is 0 Å². The van der Waals surface area contributed by atoms with Crippen LogP contribution in [0.25, 0.3) is 0 Å². The summed E-state index contributed by atoms with van der Waals surface area (Å²) in [5.74, 6) is 0.141. The molecule has 1 N–H and O–H groups in total. The molecule has 0 fully saturated rings. The average molecular weight is 492 g/mol. The third kappa shape index (κ3) is 5.80. The Labute approximate surface area is 199 Å². The van der Waals surface area contributed by atoms with E-state index in [2.05, 4.69) is 18.3 Å². The Kier molecular flexibility index (Phi) is 8.62. The molecule has 0 radical (unpaired) electrons. The van der Waals surface area contributed by atoms with Gasteiger partial charge >= 0.3 is 0 Å². The summed E-state index contributed by atoms with van der Waals surface area (Å²) in [4.78, 5) is 14.1. The fourth-order valence-electron chi connectivity index (χ4n) is 3.81. The van der Waals surface area contributed by atoms with Crippen LogP contribution >= 0.6 is 11.3 Å². The van der Waals surface area contributed by atoms with E-state index in [9.17, 15) is 18.5 Å². The summed E-state index contributed by atoms with van der Waals surface area (Å²) >= 11 is 1.46. The number of thiophene rings is 1. The Bertz CT molecular complexity index is 1110. The lowest BCUT2D eigenvalue weighted by Crippen LogP contribution is -2.36. The van der Waals surface area contributed by atoms with Crippen molar-refractivity contribution in [2.75, 3.05) is 45.8 Å². The molecule has 1 aliphatic rings. The minimum absolute atomic E-state index is 0.0875. The molecule has 1 aromatic heterocycles. The molecule has 1 atom stereocenters. The number of fused-ring (bicyclic) bond motifs is 1. The highest BCUT2D eigenvalue weighted by atomic mass is 32.2. The predicted octanol–water partition coefficient (Wildman–Crippen LogP) is 3.28. The Morgan fingerprint density at radius 1 is 1.21 bits per heavy atom. The van der Waals surface area contributed by atoms with E-state index in [1.54, 1.807) is 0 Å². The maximum absolute atomic E-state index is 13.0. The number of ether oxygens (including phenoxy) is 2. The van der Waals surface area contributed by atoms with Crippen molar-refractivity contribution in [2.24, 2.45) is 5.92 Å². The van der Waals surface area contributed by atoms with Crippen molar-refractivity contribution in [1.29, 1.82) is 5.26 Å². The van der Waals surface area contributed by atoms with Gasteiger partial charge in [-0.25, -0.2) is 8.42 Å². The summed E-state index contributed by atoms with van der Waals surface area (Å²) in [6.07, 6.45) is 2.84. The number of carbonyl (C=O) groups excluding carboxylic acids is 1. The molecule has 2 aromatic rings. The van der Waals surface area contributed by atoms with Crippen molar-refractivity contribution in [2.45, 2.75) is 31.1 Å². The SMILES string of the molecule is COCCN(CCOC)S(=O)(=O)c1ccc(C(=O)Nc2sc3c(c2C#N)C[C@@H](C)CC3)cc1. The molecular formula is C23H29N3O5S2. The van der Waals surface area contributed by atoms with Crippen molar-refractivity contribution < 1.29 is 22.7 Å². The molecule has 1 aromatic carbocycles. The summed E-state index contributed by atoms with van der Waals surface area (Å²) in [7, 11) is -0.743. The van der Waals surface area contributed by atoms with Crippen LogP contribution in [0, 0.1) is 17.2 Å². The van der Waals surface area contributed by atoms with Gasteiger partial charge in [-0.15, -0.1) is 11.3 Å². The number of rotatable bonds is 10. The number of nitrogens with zero attached hydrogens (tertiary/aromatic N) is 2. The molecule has 0 spiro atoms. The van der Waals surface area contributed by atoms with E-state index in [1.165, 1.54) is 54.1 Å². The number of benzene rings is 1. The number of hydrogen-bond donors (Lipinski definition) is 1. The van der Waals surface area contributed by atoms with Gasteiger partial charge in [-0.1, -0.05) is 6.92 Å². The summed E-state index contributed by atoms with van der Waals surface area (Å²) < 4.78 is 37.4. The van der Waals surface area contributed by atoms with E-state index >= 15 is 0 Å². The van der Waals surface area contributed by atoms with Crippen molar-refractivity contribution in [3.8, 4) is 6.07 Å². The van der Waals surface area contributed by atoms with Gasteiger partial charge in [0.25, 0.3) is 5.91 Å². The Balaban J connectivity index is 1.77. The number of nitrogens with one attached hydrogen (secondary N) is 1. The fraction of sp³-hybridized carbons (Fsp3) is 0.478. The van der Waals surface area contributed by atoms with E-state index in [1.807, 2.05) is 0 Å². The smallest absolute Gasteiger partial charge is 0.256 e. The molecule has 3 rings (SSSR count). The molecule has 10 heteroatoms. The number of aryl methyl sites for hydroxylation is 1. The van der Waals surface area contributed by atoms with Gasteiger partial charge in [0.2, 0.25) is 10.0 Å². The zero-order valence-electron chi connectivity index (χ0n) is 19.1. The second-order valence-electron chi connectivity index (χ2n) is 8.04. The van der Waals surface area contributed by atoms with Crippen molar-refractivity contribution >= 4 is 32.3 Å². The van der Waals surface area contributed by atoms with Crippen LogP contribution in [0.5, 0.6) is 0 Å². The second kappa shape index (κ2) is 11.2. The van der Waals surface area contributed by atoms with Gasteiger partial charge in [-0.3, -0.25) is 4.79 Å². The maximum Gasteiger partial charge on any atom is 0.256 e. The van der Waals surface area contributed by atoms with Crippen LogP contribution in [-0.4, -0.2) is 59.2 Å². The summed E-state index contributed by atoms with van der Waals surface area (Å²) in [6.45, 7) is 3.08. The first-order valence-electron chi connectivity index (χ1n) is 10.8. The minimum Gasteiger partial charge on any atom is -0.383 e. The van der Waals surface area contributed by atoms with E-state index in [-0.39, 0.29) is 37.1 Å². The second-order valence-corrected chi connectivity index (χ2v) is 11.1. The van der Waals surface area contributed by atoms with Gasteiger partial charge < -0.3 is 14.8 Å². The van der Waals surface area contributed by atoms with Crippen LogP contribution < -0.4 is 5.32 Å². The van der Waals surface area contributed by atoms with Gasteiger partial charge in [0, 0.05) is 37.7 Å². The molecule has 0 bridgehead atoms. The molecule has 1 aliphatic carbocycles. The number of hydrogen-bond acceptors (Lipinski definition) is 7. The van der Waals surface area contributed by atoms with Crippen molar-refractivity contribution in [1.82, 2.24) is 4.31 Å². The van der Waals surface area contributed by atoms with Gasteiger partial charge in [0.1, 0.15) is 11.1 Å². The number of carbonyl (C=O) groups is 1. The highest BCUT2D eigenvalue weighted by Gasteiger charge is 2.26. The normalized spacial score (nSPS) is 15.8. The molecule has 8 nitrogen and oxygen atoms in total. The lowest BCUT2D eigenvalue weighted by atomic mass is 9.88. The maximum atomic E-state index is 13.0. The molecule has 178 valence electrons. The lowest BCUT2D eigenvalue weighted by molar-refractivity contribution is 0.102. The Hall–Kier alpha value is -2.29. The minimum atomic E-state index is -3.76. The van der Waals surface area contributed by atoms with Crippen LogP contribution in [0.15, 0.2) is 29.2 Å². The van der Waals surface area contributed by atoms with E-state index in [0.29, 0.717) is 22.0 Å². The molecule has 1 heterocycles. The first-order chi connectivity index (χ1) is 15.8. The van der Waals surface area contributed by atoms with E-state index < -0.39 is 10.0 Å². The fourth-order valence-corrected chi connectivity index (χ4v) is 6.40. The molecular weight excluding hydrogens is 462 g/mol. The predicted molar refractivity (Wildman–Crippen MR) is 127 cm³/mol. The topological polar surface area (TPSA) is 109 Å². The quantitative estimate of drug-likeness (QED) is 0.546. The molecule has 0 saturated heterocycles. The number of methoxy groups -OCH3 is 2. The Morgan fingerprint density at radius 3 is 2.42 bits per heavy atom. The van der Waals surface area contributed by atoms with E-state index in [4.69, 9.17) is 9.47 Å². The van der Waals surface area contributed by atoms with Gasteiger partial charge in [-0.05, 0) is 55.0 Å². The number of nitriles is 1. The van der Waals surface area contributed by atoms with Crippen molar-refractivity contribution in [3.63, 3.8) is 0 Å². The van der Waals surface area contributed by atoms with Crippen LogP contribution in [-0.2, 0) is 32.3 Å². The molecule has 0 unspecified atom stereocenters. The Morgan fingerprint density at radius 2 is 1.85 bits per heavy atom. The molecule has 0 saturated carbocycles. The average Bonchev–Trinajstić information content (AvgIpc) is 3.14. The largest absolute Gasteiger partial charge is 0.383 e. The first-order valence-corrected chi connectivity index (χ1v) is 13.0.